The van der Waals surface area contributed by atoms with Crippen LogP contribution >= 0.6 is 0 Å². The number of phenols is 2. The van der Waals surface area contributed by atoms with Crippen molar-refractivity contribution in [1.29, 1.82) is 0 Å². The summed E-state index contributed by atoms with van der Waals surface area (Å²) >= 11 is 0. The highest BCUT2D eigenvalue weighted by molar-refractivity contribution is 5.85. The second-order valence-corrected chi connectivity index (χ2v) is 4.97. The van der Waals surface area contributed by atoms with Crippen LogP contribution in [0, 0.1) is 0 Å². The predicted molar refractivity (Wildman–Crippen MR) is 94.8 cm³/mol. The van der Waals surface area contributed by atoms with Gasteiger partial charge in [0, 0.05) is 17.2 Å². The predicted octanol–water partition coefficient (Wildman–Crippen LogP) is 2.51. The third kappa shape index (κ3) is 6.50. The molecular formula is C19H20O6. The number of aliphatic carboxylic acids is 1. The lowest BCUT2D eigenvalue weighted by molar-refractivity contribution is -0.131. The number of aromatic hydroxyl groups is 2. The Labute approximate surface area is 145 Å². The Hall–Kier alpha value is -3.09. The fourth-order valence-corrected chi connectivity index (χ4v) is 1.86. The first-order chi connectivity index (χ1) is 11.9. The van der Waals surface area contributed by atoms with Crippen molar-refractivity contribution in [3.05, 3.63) is 71.3 Å². The molecule has 6 heteroatoms. The van der Waals surface area contributed by atoms with Crippen LogP contribution in [-0.2, 0) is 18.0 Å². The van der Waals surface area contributed by atoms with E-state index in [1.165, 1.54) is 18.2 Å². The molecule has 2 rings (SSSR count). The Morgan fingerprint density at radius 2 is 1.40 bits per heavy atom. The van der Waals surface area contributed by atoms with Crippen molar-refractivity contribution >= 4 is 18.1 Å². The summed E-state index contributed by atoms with van der Waals surface area (Å²) in [5.74, 6) is -0.915. The summed E-state index contributed by atoms with van der Waals surface area (Å²) in [5.41, 5.74) is 2.42. The van der Waals surface area contributed by atoms with E-state index in [1.54, 1.807) is 30.3 Å². The van der Waals surface area contributed by atoms with Crippen LogP contribution in [0.1, 0.15) is 22.3 Å². The van der Waals surface area contributed by atoms with Gasteiger partial charge in [-0.15, -0.1) is 0 Å². The minimum absolute atomic E-state index is 0.0000231. The summed E-state index contributed by atoms with van der Waals surface area (Å²) in [5, 5.41) is 44.3. The highest BCUT2D eigenvalue weighted by Gasteiger charge is 2.00. The third-order valence-electron chi connectivity index (χ3n) is 3.20. The number of hydrogen-bond donors (Lipinski definition) is 5. The van der Waals surface area contributed by atoms with Gasteiger partial charge in [-0.2, -0.15) is 0 Å². The molecule has 0 saturated carbocycles. The molecule has 2 aromatic carbocycles. The van der Waals surface area contributed by atoms with Crippen molar-refractivity contribution in [2.45, 2.75) is 13.2 Å². The van der Waals surface area contributed by atoms with Crippen LogP contribution in [0.2, 0.25) is 0 Å². The quantitative estimate of drug-likeness (QED) is 0.532. The van der Waals surface area contributed by atoms with Gasteiger partial charge in [-0.3, -0.25) is 0 Å². The standard InChI is InChI=1S/C10H10O4.C9H10O2/c11-6-8-5-7(1-3-9(8)12)2-4-10(13)14;1-2-7-3-4-9(11)8(5-7)6-10/h1-5,11-12H,6H2,(H,13,14);2-5,10-11H,1,6H2/b4-2+;. The van der Waals surface area contributed by atoms with Gasteiger partial charge < -0.3 is 25.5 Å². The third-order valence-corrected chi connectivity index (χ3v) is 3.20. The van der Waals surface area contributed by atoms with E-state index in [0.29, 0.717) is 16.7 Å². The van der Waals surface area contributed by atoms with Gasteiger partial charge in [0.05, 0.1) is 13.2 Å². The van der Waals surface area contributed by atoms with Crippen molar-refractivity contribution in [2.24, 2.45) is 0 Å². The highest BCUT2D eigenvalue weighted by atomic mass is 16.4. The molecule has 0 heterocycles. The van der Waals surface area contributed by atoms with Crippen LogP contribution in [0.5, 0.6) is 11.5 Å². The number of rotatable bonds is 5. The number of carboxylic acids is 1. The smallest absolute Gasteiger partial charge is 0.328 e. The van der Waals surface area contributed by atoms with Crippen molar-refractivity contribution in [3.63, 3.8) is 0 Å². The molecule has 0 bridgehead atoms. The molecule has 132 valence electrons. The summed E-state index contributed by atoms with van der Waals surface area (Å²) in [4.78, 5) is 10.2. The molecular weight excluding hydrogens is 324 g/mol. The molecule has 0 atom stereocenters. The van der Waals surface area contributed by atoms with Crippen molar-refractivity contribution < 1.29 is 30.3 Å². The average molecular weight is 344 g/mol. The maximum absolute atomic E-state index is 10.2. The molecule has 0 fully saturated rings. The number of benzene rings is 2. The average Bonchev–Trinajstić information content (AvgIpc) is 2.62. The highest BCUT2D eigenvalue weighted by Crippen LogP contribution is 2.19. The van der Waals surface area contributed by atoms with Crippen LogP contribution in [0.15, 0.2) is 49.1 Å². The van der Waals surface area contributed by atoms with Gasteiger partial charge in [0.2, 0.25) is 0 Å². The summed E-state index contributed by atoms with van der Waals surface area (Å²) < 4.78 is 0. The van der Waals surface area contributed by atoms with E-state index in [-0.39, 0.29) is 24.7 Å². The maximum atomic E-state index is 10.2. The van der Waals surface area contributed by atoms with E-state index in [2.05, 4.69) is 6.58 Å². The van der Waals surface area contributed by atoms with E-state index in [0.717, 1.165) is 11.6 Å². The van der Waals surface area contributed by atoms with Crippen molar-refractivity contribution in [2.75, 3.05) is 0 Å². The van der Waals surface area contributed by atoms with E-state index in [9.17, 15) is 9.90 Å². The first-order valence-corrected chi connectivity index (χ1v) is 7.30. The zero-order valence-corrected chi connectivity index (χ0v) is 13.5. The number of aliphatic hydroxyl groups excluding tert-OH is 2. The Balaban J connectivity index is 0.000000257. The number of aliphatic hydroxyl groups is 2. The van der Waals surface area contributed by atoms with Crippen molar-refractivity contribution in [3.8, 4) is 11.5 Å². The molecule has 0 saturated heterocycles. The molecule has 2 aromatic rings. The largest absolute Gasteiger partial charge is 0.508 e. The second kappa shape index (κ2) is 9.92. The van der Waals surface area contributed by atoms with Gasteiger partial charge in [-0.25, -0.2) is 4.79 Å². The molecule has 6 nitrogen and oxygen atoms in total. The lowest BCUT2D eigenvalue weighted by atomic mass is 10.1. The molecule has 0 aliphatic carbocycles. The fraction of sp³-hybridized carbons (Fsp3) is 0.105. The number of carboxylic acid groups (broad SMARTS) is 1. The van der Waals surface area contributed by atoms with E-state index in [4.69, 9.17) is 20.4 Å². The fourth-order valence-electron chi connectivity index (χ4n) is 1.86. The molecule has 0 spiro atoms. The molecule has 0 aromatic heterocycles. The zero-order valence-electron chi connectivity index (χ0n) is 13.5. The maximum Gasteiger partial charge on any atom is 0.328 e. The normalized spacial score (nSPS) is 10.2. The minimum Gasteiger partial charge on any atom is -0.508 e. The van der Waals surface area contributed by atoms with Crippen LogP contribution in [0.3, 0.4) is 0 Å². The molecule has 0 aliphatic rings. The molecule has 0 aliphatic heterocycles. The molecule has 0 unspecified atom stereocenters. The Morgan fingerprint density at radius 1 is 0.920 bits per heavy atom. The minimum atomic E-state index is -1.04. The van der Waals surface area contributed by atoms with Crippen LogP contribution in [0.4, 0.5) is 0 Å². The Morgan fingerprint density at radius 3 is 1.84 bits per heavy atom. The molecule has 0 radical (unpaired) electrons. The first kappa shape index (κ1) is 20.0. The first-order valence-electron chi connectivity index (χ1n) is 7.30. The van der Waals surface area contributed by atoms with Crippen LogP contribution < -0.4 is 0 Å². The van der Waals surface area contributed by atoms with Gasteiger partial charge in [0.1, 0.15) is 11.5 Å². The van der Waals surface area contributed by atoms with E-state index in [1.807, 2.05) is 0 Å². The molecule has 5 N–H and O–H groups in total. The number of hydrogen-bond acceptors (Lipinski definition) is 5. The SMILES string of the molecule is C=Cc1ccc(O)c(CO)c1.O=C(O)/C=C/c1ccc(O)c(CO)c1. The Kier molecular flexibility index (Phi) is 7.92. The summed E-state index contributed by atoms with van der Waals surface area (Å²) in [6.45, 7) is 3.15. The van der Waals surface area contributed by atoms with Crippen LogP contribution in [0.25, 0.3) is 12.2 Å². The van der Waals surface area contributed by atoms with Gasteiger partial charge >= 0.3 is 5.97 Å². The van der Waals surface area contributed by atoms with Gasteiger partial charge in [-0.05, 0) is 41.5 Å². The lowest BCUT2D eigenvalue weighted by Crippen LogP contribution is -1.88. The summed E-state index contributed by atoms with van der Waals surface area (Å²) in [7, 11) is 0. The lowest BCUT2D eigenvalue weighted by Gasteiger charge is -2.01. The van der Waals surface area contributed by atoms with E-state index < -0.39 is 5.97 Å². The molecule has 0 amide bonds. The zero-order chi connectivity index (χ0) is 18.8. The monoisotopic (exact) mass is 344 g/mol. The topological polar surface area (TPSA) is 118 Å². The van der Waals surface area contributed by atoms with Gasteiger partial charge in [-0.1, -0.05) is 24.8 Å². The summed E-state index contributed by atoms with van der Waals surface area (Å²) in [6.07, 6.45) is 4.05. The van der Waals surface area contributed by atoms with Gasteiger partial charge in [0.25, 0.3) is 0 Å². The summed E-state index contributed by atoms with van der Waals surface area (Å²) in [6, 6.07) is 9.47. The second-order valence-electron chi connectivity index (χ2n) is 4.97. The van der Waals surface area contributed by atoms with E-state index >= 15 is 0 Å². The van der Waals surface area contributed by atoms with Crippen molar-refractivity contribution in [1.82, 2.24) is 0 Å². The number of carbonyl (C=O) groups is 1. The van der Waals surface area contributed by atoms with Gasteiger partial charge in [0.15, 0.2) is 0 Å². The van der Waals surface area contributed by atoms with Crippen LogP contribution in [-0.4, -0.2) is 31.5 Å². The molecule has 25 heavy (non-hydrogen) atoms. The Bertz CT molecular complexity index is 765.